The van der Waals surface area contributed by atoms with Gasteiger partial charge in [-0.1, -0.05) is 18.6 Å². The van der Waals surface area contributed by atoms with Crippen molar-refractivity contribution >= 4 is 15.9 Å². The van der Waals surface area contributed by atoms with E-state index in [-0.39, 0.29) is 29.8 Å². The minimum atomic E-state index is -3.85. The standard InChI is InChI=1S/C18H23FN2O3S/c19-16-3-1-2-4-17(16)25(23,24)21-9-7-20(8-10-21)18(22)15-12-13-5-6-14(15)11-13/h1-4,13-15H,5-12H2. The molecule has 1 aromatic carbocycles. The number of rotatable bonds is 3. The zero-order valence-electron chi connectivity index (χ0n) is 14.1. The number of sulfonamides is 1. The third-order valence-corrected chi connectivity index (χ3v) is 7.99. The quantitative estimate of drug-likeness (QED) is 0.823. The molecule has 0 N–H and O–H groups in total. The van der Waals surface area contributed by atoms with Crippen LogP contribution in [-0.2, 0) is 14.8 Å². The number of hydrogen-bond acceptors (Lipinski definition) is 3. The van der Waals surface area contributed by atoms with Gasteiger partial charge in [0.2, 0.25) is 15.9 Å². The highest BCUT2D eigenvalue weighted by atomic mass is 32.2. The third kappa shape index (κ3) is 2.97. The van der Waals surface area contributed by atoms with Crippen LogP contribution in [0.25, 0.3) is 0 Å². The lowest BCUT2D eigenvalue weighted by Gasteiger charge is -2.36. The van der Waals surface area contributed by atoms with Crippen molar-refractivity contribution in [1.82, 2.24) is 9.21 Å². The first-order chi connectivity index (χ1) is 12.0. The highest BCUT2D eigenvalue weighted by Gasteiger charge is 2.45. The summed E-state index contributed by atoms with van der Waals surface area (Å²) < 4.78 is 40.4. The number of amides is 1. The Morgan fingerprint density at radius 2 is 1.76 bits per heavy atom. The first kappa shape index (κ1) is 17.0. The number of hydrogen-bond donors (Lipinski definition) is 0. The minimum Gasteiger partial charge on any atom is -0.340 e. The van der Waals surface area contributed by atoms with E-state index >= 15 is 0 Å². The van der Waals surface area contributed by atoms with Crippen LogP contribution in [0.2, 0.25) is 0 Å². The van der Waals surface area contributed by atoms with E-state index in [4.69, 9.17) is 0 Å². The summed E-state index contributed by atoms with van der Waals surface area (Å²) in [5.74, 6) is 0.825. The molecule has 7 heteroatoms. The Morgan fingerprint density at radius 1 is 1.04 bits per heavy atom. The molecule has 5 nitrogen and oxygen atoms in total. The molecule has 3 aliphatic rings. The van der Waals surface area contributed by atoms with Crippen LogP contribution in [0.3, 0.4) is 0 Å². The number of benzene rings is 1. The van der Waals surface area contributed by atoms with Crippen molar-refractivity contribution in [3.63, 3.8) is 0 Å². The Morgan fingerprint density at radius 3 is 2.36 bits per heavy atom. The molecular weight excluding hydrogens is 343 g/mol. The molecule has 0 aromatic heterocycles. The normalized spacial score (nSPS) is 30.0. The van der Waals surface area contributed by atoms with Crippen LogP contribution < -0.4 is 0 Å². The molecule has 4 rings (SSSR count). The number of halogens is 1. The second-order valence-electron chi connectivity index (χ2n) is 7.44. The maximum Gasteiger partial charge on any atom is 0.246 e. The van der Waals surface area contributed by atoms with Crippen LogP contribution in [0, 0.1) is 23.6 Å². The second kappa shape index (κ2) is 6.36. The first-order valence-electron chi connectivity index (χ1n) is 9.00. The topological polar surface area (TPSA) is 57.7 Å². The van der Waals surface area contributed by atoms with E-state index in [0.29, 0.717) is 24.9 Å². The van der Waals surface area contributed by atoms with Gasteiger partial charge in [-0.3, -0.25) is 4.79 Å². The van der Waals surface area contributed by atoms with E-state index in [1.807, 2.05) is 0 Å². The number of piperazine rings is 1. The van der Waals surface area contributed by atoms with E-state index in [9.17, 15) is 17.6 Å². The fourth-order valence-corrected chi connectivity index (χ4v) is 6.21. The Hall–Kier alpha value is -1.47. The van der Waals surface area contributed by atoms with Gasteiger partial charge >= 0.3 is 0 Å². The Bertz CT molecular complexity index is 774. The van der Waals surface area contributed by atoms with Crippen LogP contribution >= 0.6 is 0 Å². The average molecular weight is 366 g/mol. The fraction of sp³-hybridized carbons (Fsp3) is 0.611. The summed E-state index contributed by atoms with van der Waals surface area (Å²) in [5.41, 5.74) is 0. The molecule has 2 saturated carbocycles. The summed E-state index contributed by atoms with van der Waals surface area (Å²) in [6.45, 7) is 1.23. The molecule has 3 fully saturated rings. The molecule has 0 radical (unpaired) electrons. The SMILES string of the molecule is O=C(C1CC2CCC1C2)N1CCN(S(=O)(=O)c2ccccc2F)CC1. The van der Waals surface area contributed by atoms with Gasteiger partial charge in [-0.25, -0.2) is 12.8 Å². The van der Waals surface area contributed by atoms with Crippen LogP contribution in [0.15, 0.2) is 29.2 Å². The van der Waals surface area contributed by atoms with E-state index in [1.54, 1.807) is 4.90 Å². The first-order valence-corrected chi connectivity index (χ1v) is 10.4. The molecule has 3 unspecified atom stereocenters. The molecule has 136 valence electrons. The predicted molar refractivity (Wildman–Crippen MR) is 90.7 cm³/mol. The maximum atomic E-state index is 13.9. The number of carbonyl (C=O) groups excluding carboxylic acids is 1. The lowest BCUT2D eigenvalue weighted by Crippen LogP contribution is -2.52. The highest BCUT2D eigenvalue weighted by molar-refractivity contribution is 7.89. The Balaban J connectivity index is 1.41. The van der Waals surface area contributed by atoms with E-state index in [1.165, 1.54) is 35.3 Å². The summed E-state index contributed by atoms with van der Waals surface area (Å²) in [5, 5.41) is 0. The van der Waals surface area contributed by atoms with E-state index in [0.717, 1.165) is 18.9 Å². The van der Waals surface area contributed by atoms with Crippen molar-refractivity contribution in [1.29, 1.82) is 0 Å². The minimum absolute atomic E-state index is 0.133. The molecule has 2 aliphatic carbocycles. The Labute approximate surface area is 147 Å². The number of carbonyl (C=O) groups is 1. The third-order valence-electron chi connectivity index (χ3n) is 6.06. The van der Waals surface area contributed by atoms with Gasteiger partial charge in [-0.05, 0) is 43.2 Å². The monoisotopic (exact) mass is 366 g/mol. The van der Waals surface area contributed by atoms with Crippen molar-refractivity contribution in [3.05, 3.63) is 30.1 Å². The largest absolute Gasteiger partial charge is 0.340 e. The molecule has 0 spiro atoms. The lowest BCUT2D eigenvalue weighted by atomic mass is 9.87. The van der Waals surface area contributed by atoms with Gasteiger partial charge in [0.15, 0.2) is 0 Å². The molecule has 1 saturated heterocycles. The summed E-state index contributed by atoms with van der Waals surface area (Å²) >= 11 is 0. The zero-order valence-corrected chi connectivity index (χ0v) is 14.9. The second-order valence-corrected chi connectivity index (χ2v) is 9.35. The summed E-state index contributed by atoms with van der Waals surface area (Å²) in [7, 11) is -3.85. The van der Waals surface area contributed by atoms with E-state index in [2.05, 4.69) is 0 Å². The summed E-state index contributed by atoms with van der Waals surface area (Å²) in [4.78, 5) is 14.3. The van der Waals surface area contributed by atoms with Crippen LogP contribution in [-0.4, -0.2) is 49.7 Å². The van der Waals surface area contributed by atoms with Crippen LogP contribution in [0.5, 0.6) is 0 Å². The molecule has 3 atom stereocenters. The average Bonchev–Trinajstić information content (AvgIpc) is 3.25. The van der Waals surface area contributed by atoms with Crippen LogP contribution in [0.1, 0.15) is 25.7 Å². The molecule has 25 heavy (non-hydrogen) atoms. The van der Waals surface area contributed by atoms with Crippen molar-refractivity contribution in [2.24, 2.45) is 17.8 Å². The number of nitrogens with zero attached hydrogens (tertiary/aromatic N) is 2. The van der Waals surface area contributed by atoms with Gasteiger partial charge in [0, 0.05) is 32.1 Å². The smallest absolute Gasteiger partial charge is 0.246 e. The Kier molecular flexibility index (Phi) is 4.32. The van der Waals surface area contributed by atoms with E-state index < -0.39 is 15.8 Å². The molecule has 1 aliphatic heterocycles. The summed E-state index contributed by atoms with van der Waals surface area (Å²) in [6, 6.07) is 5.43. The highest BCUT2D eigenvalue weighted by Crippen LogP contribution is 2.48. The van der Waals surface area contributed by atoms with Crippen molar-refractivity contribution in [3.8, 4) is 0 Å². The summed E-state index contributed by atoms with van der Waals surface area (Å²) in [6.07, 6.45) is 4.58. The van der Waals surface area contributed by atoms with Crippen molar-refractivity contribution in [2.75, 3.05) is 26.2 Å². The fourth-order valence-electron chi connectivity index (χ4n) is 4.72. The molecule has 2 bridgehead atoms. The van der Waals surface area contributed by atoms with Gasteiger partial charge in [0.1, 0.15) is 10.7 Å². The van der Waals surface area contributed by atoms with Gasteiger partial charge in [0.25, 0.3) is 0 Å². The molecule has 1 amide bonds. The lowest BCUT2D eigenvalue weighted by molar-refractivity contribution is -0.138. The van der Waals surface area contributed by atoms with Gasteiger partial charge < -0.3 is 4.90 Å². The van der Waals surface area contributed by atoms with Crippen LogP contribution in [0.4, 0.5) is 4.39 Å². The van der Waals surface area contributed by atoms with Crippen molar-refractivity contribution < 1.29 is 17.6 Å². The molecular formula is C18H23FN2O3S. The predicted octanol–water partition coefficient (Wildman–Crippen LogP) is 2.09. The van der Waals surface area contributed by atoms with Gasteiger partial charge in [-0.2, -0.15) is 4.31 Å². The molecule has 1 aromatic rings. The molecule has 1 heterocycles. The number of fused-ring (bicyclic) bond motifs is 2. The maximum absolute atomic E-state index is 13.9. The van der Waals surface area contributed by atoms with Gasteiger partial charge in [0.05, 0.1) is 0 Å². The van der Waals surface area contributed by atoms with Crippen molar-refractivity contribution in [2.45, 2.75) is 30.6 Å². The van der Waals surface area contributed by atoms with Gasteiger partial charge in [-0.15, -0.1) is 0 Å². The zero-order chi connectivity index (χ0) is 17.6.